The van der Waals surface area contributed by atoms with Crippen LogP contribution in [0.5, 0.6) is 0 Å². The number of fused-ring (bicyclic) bond motifs is 1. The van der Waals surface area contributed by atoms with Crippen molar-refractivity contribution in [3.05, 3.63) is 35.7 Å². The van der Waals surface area contributed by atoms with E-state index in [9.17, 15) is 4.55 Å². The van der Waals surface area contributed by atoms with E-state index in [1.807, 2.05) is 23.6 Å². The lowest BCUT2D eigenvalue weighted by atomic mass is 10.1. The summed E-state index contributed by atoms with van der Waals surface area (Å²) in [4.78, 5) is 14.0. The van der Waals surface area contributed by atoms with Crippen LogP contribution in [0.15, 0.2) is 40.6 Å². The molecule has 1 aromatic carbocycles. The fourth-order valence-corrected chi connectivity index (χ4v) is 6.12. The Hall–Kier alpha value is -1.63. The van der Waals surface area contributed by atoms with Crippen LogP contribution in [0.1, 0.15) is 39.0 Å². The second kappa shape index (κ2) is 8.59. The molecule has 0 bridgehead atoms. The number of rotatable bonds is 6. The summed E-state index contributed by atoms with van der Waals surface area (Å²) >= 11 is 0.603. The quantitative estimate of drug-likeness (QED) is 0.531. The van der Waals surface area contributed by atoms with E-state index in [1.165, 1.54) is 19.3 Å². The summed E-state index contributed by atoms with van der Waals surface area (Å²) in [6, 6.07) is 10.1. The van der Waals surface area contributed by atoms with Crippen molar-refractivity contribution in [1.82, 2.24) is 9.97 Å². The molecule has 1 fully saturated rings. The molecule has 0 amide bonds. The topological polar surface area (TPSA) is 52.1 Å². The lowest BCUT2D eigenvalue weighted by Gasteiger charge is -2.28. The molecule has 0 radical (unpaired) electrons. The molecule has 0 saturated carbocycles. The lowest BCUT2D eigenvalue weighted by Crippen LogP contribution is -2.30. The van der Waals surface area contributed by atoms with Crippen LogP contribution in [-0.4, -0.2) is 33.4 Å². The maximum Gasteiger partial charge on any atom is 0.176 e. The van der Waals surface area contributed by atoms with E-state index < -0.39 is 11.2 Å². The largest absolute Gasteiger partial charge is 0.611 e. The van der Waals surface area contributed by atoms with Gasteiger partial charge in [0, 0.05) is 24.0 Å². The molecule has 27 heavy (non-hydrogen) atoms. The first-order valence-corrected chi connectivity index (χ1v) is 12.0. The molecule has 3 heterocycles. The molecule has 142 valence electrons. The normalized spacial score (nSPS) is 16.0. The average molecular weight is 400 g/mol. The third-order valence-corrected chi connectivity index (χ3v) is 7.49. The van der Waals surface area contributed by atoms with Gasteiger partial charge in [0.05, 0.1) is 0 Å². The van der Waals surface area contributed by atoms with Crippen molar-refractivity contribution in [3.8, 4) is 11.4 Å². The second-order valence-corrected chi connectivity index (χ2v) is 9.37. The molecule has 2 aromatic heterocycles. The highest BCUT2D eigenvalue weighted by molar-refractivity contribution is 7.91. The number of unbranched alkanes of at least 4 members (excludes halogenated alkanes) is 1. The molecule has 1 saturated heterocycles. The summed E-state index contributed by atoms with van der Waals surface area (Å²) in [5.41, 5.74) is 1.03. The zero-order valence-corrected chi connectivity index (χ0v) is 17.3. The third-order valence-electron chi connectivity index (χ3n) is 5.00. The van der Waals surface area contributed by atoms with Crippen molar-refractivity contribution >= 4 is 38.5 Å². The number of hydrogen-bond acceptors (Lipinski definition) is 5. The number of anilines is 1. The van der Waals surface area contributed by atoms with Crippen LogP contribution < -0.4 is 4.90 Å². The minimum atomic E-state index is -0.989. The minimum Gasteiger partial charge on any atom is -0.611 e. The van der Waals surface area contributed by atoms with E-state index in [0.29, 0.717) is 5.75 Å². The van der Waals surface area contributed by atoms with Crippen LogP contribution >= 0.6 is 11.3 Å². The van der Waals surface area contributed by atoms with Crippen LogP contribution in [0.3, 0.4) is 0 Å². The molecule has 3 aromatic rings. The van der Waals surface area contributed by atoms with Crippen molar-refractivity contribution in [2.75, 3.05) is 23.7 Å². The molecule has 1 aliphatic rings. The number of hydrogen-bond donors (Lipinski definition) is 0. The molecule has 0 spiro atoms. The smallest absolute Gasteiger partial charge is 0.176 e. The Morgan fingerprint density at radius 1 is 1.11 bits per heavy atom. The van der Waals surface area contributed by atoms with Crippen LogP contribution in [0.2, 0.25) is 0 Å². The summed E-state index contributed by atoms with van der Waals surface area (Å²) < 4.78 is 12.9. The molecular formula is C21H25N3OS2. The number of piperidine rings is 1. The monoisotopic (exact) mass is 399 g/mol. The van der Waals surface area contributed by atoms with E-state index in [0.717, 1.165) is 58.2 Å². The summed E-state index contributed by atoms with van der Waals surface area (Å²) in [7, 11) is 0. The molecule has 6 heteroatoms. The number of thiophene rings is 1. The fraction of sp³-hybridized carbons (Fsp3) is 0.429. The third kappa shape index (κ3) is 3.98. The van der Waals surface area contributed by atoms with Crippen LogP contribution in [0.25, 0.3) is 21.6 Å². The maximum absolute atomic E-state index is 12.9. The van der Waals surface area contributed by atoms with Crippen LogP contribution in [0.4, 0.5) is 5.82 Å². The molecule has 4 nitrogen and oxygen atoms in total. The predicted molar refractivity (Wildman–Crippen MR) is 115 cm³/mol. The lowest BCUT2D eigenvalue weighted by molar-refractivity contribution is 0.574. The zero-order chi connectivity index (χ0) is 18.6. The van der Waals surface area contributed by atoms with E-state index in [1.54, 1.807) is 11.3 Å². The Labute approximate surface area is 167 Å². The molecule has 1 atom stereocenters. The first-order chi connectivity index (χ1) is 13.3. The summed E-state index contributed by atoms with van der Waals surface area (Å²) in [6.07, 6.45) is 5.68. The minimum absolute atomic E-state index is 0.711. The van der Waals surface area contributed by atoms with Gasteiger partial charge in [0.1, 0.15) is 21.8 Å². The van der Waals surface area contributed by atoms with Gasteiger partial charge in [-0.3, -0.25) is 0 Å². The van der Waals surface area contributed by atoms with Crippen molar-refractivity contribution in [2.24, 2.45) is 0 Å². The van der Waals surface area contributed by atoms with Gasteiger partial charge in [-0.25, -0.2) is 9.97 Å². The van der Waals surface area contributed by atoms with Gasteiger partial charge in [0.25, 0.3) is 0 Å². The Kier molecular flexibility index (Phi) is 5.95. The molecule has 4 rings (SSSR count). The second-order valence-electron chi connectivity index (χ2n) is 6.97. The van der Waals surface area contributed by atoms with Crippen molar-refractivity contribution in [1.29, 1.82) is 0 Å². The van der Waals surface area contributed by atoms with E-state index in [4.69, 9.17) is 9.97 Å². The van der Waals surface area contributed by atoms with Gasteiger partial charge in [-0.05, 0) is 36.9 Å². The molecular weight excluding hydrogens is 374 g/mol. The first kappa shape index (κ1) is 18.7. The standard InChI is InChI=1S/C21H25N3OS2/c1-2-3-14-27(25)17-15-26-21-18(17)20(24-12-8-5-9-13-24)22-19(23-21)16-10-6-4-7-11-16/h4,6-7,10-11,15H,2-3,5,8-9,12-14H2,1H3. The van der Waals surface area contributed by atoms with E-state index >= 15 is 0 Å². The van der Waals surface area contributed by atoms with Gasteiger partial charge in [0.2, 0.25) is 0 Å². The summed E-state index contributed by atoms with van der Waals surface area (Å²) in [5, 5.41) is 3.05. The van der Waals surface area contributed by atoms with Crippen molar-refractivity contribution < 1.29 is 4.55 Å². The van der Waals surface area contributed by atoms with Gasteiger partial charge >= 0.3 is 0 Å². The maximum atomic E-state index is 12.9. The van der Waals surface area contributed by atoms with E-state index in [-0.39, 0.29) is 0 Å². The summed E-state index contributed by atoms with van der Waals surface area (Å²) in [5.74, 6) is 2.44. The fourth-order valence-electron chi connectivity index (χ4n) is 3.50. The highest BCUT2D eigenvalue weighted by Crippen LogP contribution is 2.38. The average Bonchev–Trinajstić information content (AvgIpc) is 3.17. The Balaban J connectivity index is 1.83. The number of benzene rings is 1. The Morgan fingerprint density at radius 2 is 1.89 bits per heavy atom. The van der Waals surface area contributed by atoms with Gasteiger partial charge in [-0.15, -0.1) is 11.3 Å². The molecule has 0 aliphatic carbocycles. The predicted octanol–water partition coefficient (Wildman–Crippen LogP) is 5.26. The highest BCUT2D eigenvalue weighted by Gasteiger charge is 2.26. The van der Waals surface area contributed by atoms with Crippen LogP contribution in [0, 0.1) is 0 Å². The Morgan fingerprint density at radius 3 is 2.63 bits per heavy atom. The van der Waals surface area contributed by atoms with Gasteiger partial charge < -0.3 is 9.45 Å². The van der Waals surface area contributed by atoms with Crippen molar-refractivity contribution in [3.63, 3.8) is 0 Å². The summed E-state index contributed by atoms with van der Waals surface area (Å²) in [6.45, 7) is 4.16. The van der Waals surface area contributed by atoms with Gasteiger partial charge in [-0.2, -0.15) is 0 Å². The number of nitrogens with zero attached hydrogens (tertiary/aromatic N) is 3. The van der Waals surface area contributed by atoms with Crippen molar-refractivity contribution in [2.45, 2.75) is 43.9 Å². The van der Waals surface area contributed by atoms with Crippen LogP contribution in [-0.2, 0) is 11.2 Å². The highest BCUT2D eigenvalue weighted by atomic mass is 32.2. The molecule has 1 unspecified atom stereocenters. The molecule has 1 aliphatic heterocycles. The first-order valence-electron chi connectivity index (χ1n) is 9.76. The number of aromatic nitrogens is 2. The Bertz CT molecular complexity index is 891. The zero-order valence-electron chi connectivity index (χ0n) is 15.7. The van der Waals surface area contributed by atoms with Gasteiger partial charge in [0.15, 0.2) is 10.7 Å². The molecule has 0 N–H and O–H groups in total. The SMILES string of the molecule is CCCC[S+]([O-])c1csc2nc(-c3ccccc3)nc(N3CCCCC3)c12. The van der Waals surface area contributed by atoms with Gasteiger partial charge in [-0.1, -0.05) is 43.7 Å². The van der Waals surface area contributed by atoms with E-state index in [2.05, 4.69) is 24.0 Å².